The fourth-order valence-electron chi connectivity index (χ4n) is 2.66. The molecule has 1 aromatic heterocycles. The molecule has 1 aromatic carbocycles. The molecule has 1 aliphatic rings. The SMILES string of the molecule is CCNc1nc2ccc(N3CCN(CC)CC3)cc2s1. The maximum Gasteiger partial charge on any atom is 0.183 e. The van der Waals surface area contributed by atoms with Crippen molar-refractivity contribution in [3.05, 3.63) is 18.2 Å². The highest BCUT2D eigenvalue weighted by atomic mass is 32.1. The normalized spacial score (nSPS) is 16.8. The summed E-state index contributed by atoms with van der Waals surface area (Å²) in [5.74, 6) is 0. The summed E-state index contributed by atoms with van der Waals surface area (Å²) < 4.78 is 1.27. The summed E-state index contributed by atoms with van der Waals surface area (Å²) in [7, 11) is 0. The van der Waals surface area contributed by atoms with Crippen LogP contribution in [-0.4, -0.2) is 49.2 Å². The number of hydrogen-bond acceptors (Lipinski definition) is 5. The number of nitrogens with zero attached hydrogens (tertiary/aromatic N) is 3. The predicted octanol–water partition coefficient (Wildman–Crippen LogP) is 2.87. The molecular formula is C15H22N4S. The molecule has 20 heavy (non-hydrogen) atoms. The Bertz CT molecular complexity index is 572. The van der Waals surface area contributed by atoms with E-state index in [2.05, 4.69) is 52.1 Å². The molecule has 0 radical (unpaired) electrons. The van der Waals surface area contributed by atoms with Crippen molar-refractivity contribution in [2.75, 3.05) is 49.5 Å². The third-order valence-electron chi connectivity index (χ3n) is 3.88. The van der Waals surface area contributed by atoms with E-state index in [0.29, 0.717) is 0 Å². The largest absolute Gasteiger partial charge is 0.369 e. The number of anilines is 2. The fraction of sp³-hybridized carbons (Fsp3) is 0.533. The van der Waals surface area contributed by atoms with Gasteiger partial charge >= 0.3 is 0 Å². The standard InChI is InChI=1S/C15H22N4S/c1-3-16-15-17-13-6-5-12(11-14(13)20-15)19-9-7-18(4-2)8-10-19/h5-6,11H,3-4,7-10H2,1-2H3,(H,16,17). The lowest BCUT2D eigenvalue weighted by Crippen LogP contribution is -2.46. The van der Waals surface area contributed by atoms with Crippen LogP contribution in [0.25, 0.3) is 10.2 Å². The van der Waals surface area contributed by atoms with E-state index in [1.165, 1.54) is 23.5 Å². The molecule has 1 fully saturated rings. The van der Waals surface area contributed by atoms with Gasteiger partial charge in [0.1, 0.15) is 0 Å². The number of rotatable bonds is 4. The molecular weight excluding hydrogens is 268 g/mol. The molecule has 108 valence electrons. The number of hydrogen-bond donors (Lipinski definition) is 1. The number of likely N-dealkylation sites (N-methyl/N-ethyl adjacent to an activating group) is 1. The second-order valence-electron chi connectivity index (χ2n) is 5.12. The summed E-state index contributed by atoms with van der Waals surface area (Å²) in [6, 6.07) is 6.64. The van der Waals surface area contributed by atoms with Gasteiger partial charge in [-0.2, -0.15) is 0 Å². The first-order valence-corrected chi connectivity index (χ1v) is 8.23. The van der Waals surface area contributed by atoms with E-state index in [4.69, 9.17) is 0 Å². The third-order valence-corrected chi connectivity index (χ3v) is 4.86. The number of thiazole rings is 1. The number of aromatic nitrogens is 1. The molecule has 1 aliphatic heterocycles. The van der Waals surface area contributed by atoms with E-state index in [1.54, 1.807) is 11.3 Å². The highest BCUT2D eigenvalue weighted by Gasteiger charge is 2.16. The van der Waals surface area contributed by atoms with Crippen molar-refractivity contribution >= 4 is 32.4 Å². The van der Waals surface area contributed by atoms with Crippen molar-refractivity contribution in [3.63, 3.8) is 0 Å². The van der Waals surface area contributed by atoms with Crippen LogP contribution >= 0.6 is 11.3 Å². The molecule has 5 heteroatoms. The summed E-state index contributed by atoms with van der Waals surface area (Å²) >= 11 is 1.75. The van der Waals surface area contributed by atoms with Gasteiger partial charge in [0.05, 0.1) is 10.2 Å². The van der Waals surface area contributed by atoms with Gasteiger partial charge in [0.15, 0.2) is 5.13 Å². The van der Waals surface area contributed by atoms with Crippen molar-refractivity contribution in [1.82, 2.24) is 9.88 Å². The van der Waals surface area contributed by atoms with Crippen molar-refractivity contribution in [1.29, 1.82) is 0 Å². The summed E-state index contributed by atoms with van der Waals surface area (Å²) in [5, 5.41) is 4.32. The first kappa shape index (κ1) is 13.6. The van der Waals surface area contributed by atoms with E-state index in [-0.39, 0.29) is 0 Å². The van der Waals surface area contributed by atoms with Crippen LogP contribution in [-0.2, 0) is 0 Å². The first-order valence-electron chi connectivity index (χ1n) is 7.42. The Labute approximate surface area is 124 Å². The molecule has 3 rings (SSSR count). The monoisotopic (exact) mass is 290 g/mol. The first-order chi connectivity index (χ1) is 9.80. The third kappa shape index (κ3) is 2.74. The zero-order chi connectivity index (χ0) is 13.9. The van der Waals surface area contributed by atoms with Crippen LogP contribution < -0.4 is 10.2 Å². The van der Waals surface area contributed by atoms with Crippen LogP contribution in [0, 0.1) is 0 Å². The molecule has 0 aliphatic carbocycles. The van der Waals surface area contributed by atoms with Gasteiger partial charge < -0.3 is 15.1 Å². The van der Waals surface area contributed by atoms with Crippen LogP contribution in [0.2, 0.25) is 0 Å². The Morgan fingerprint density at radius 1 is 1.20 bits per heavy atom. The molecule has 0 atom stereocenters. The lowest BCUT2D eigenvalue weighted by atomic mass is 10.2. The van der Waals surface area contributed by atoms with E-state index >= 15 is 0 Å². The lowest BCUT2D eigenvalue weighted by molar-refractivity contribution is 0.271. The summed E-state index contributed by atoms with van der Waals surface area (Å²) in [6.45, 7) is 11.0. The molecule has 0 amide bonds. The zero-order valence-corrected chi connectivity index (χ0v) is 13.0. The Kier molecular flexibility index (Phi) is 4.08. The van der Waals surface area contributed by atoms with Gasteiger partial charge in [-0.15, -0.1) is 0 Å². The smallest absolute Gasteiger partial charge is 0.183 e. The van der Waals surface area contributed by atoms with Crippen molar-refractivity contribution in [3.8, 4) is 0 Å². The molecule has 0 bridgehead atoms. The summed E-state index contributed by atoms with van der Waals surface area (Å²) in [6.07, 6.45) is 0. The van der Waals surface area contributed by atoms with Crippen LogP contribution in [0.3, 0.4) is 0 Å². The van der Waals surface area contributed by atoms with E-state index in [0.717, 1.165) is 36.8 Å². The molecule has 0 spiro atoms. The second-order valence-corrected chi connectivity index (χ2v) is 6.15. The second kappa shape index (κ2) is 5.97. The maximum atomic E-state index is 4.59. The van der Waals surface area contributed by atoms with Gasteiger partial charge in [-0.25, -0.2) is 4.98 Å². The minimum absolute atomic E-state index is 0.922. The molecule has 0 saturated carbocycles. The van der Waals surface area contributed by atoms with E-state index in [9.17, 15) is 0 Å². The average molecular weight is 290 g/mol. The minimum Gasteiger partial charge on any atom is -0.369 e. The Morgan fingerprint density at radius 2 is 2.00 bits per heavy atom. The van der Waals surface area contributed by atoms with Gasteiger partial charge in [-0.05, 0) is 31.7 Å². The van der Waals surface area contributed by atoms with Gasteiger partial charge in [0.25, 0.3) is 0 Å². The van der Waals surface area contributed by atoms with Crippen LogP contribution in [0.15, 0.2) is 18.2 Å². The zero-order valence-electron chi connectivity index (χ0n) is 12.2. The molecule has 4 nitrogen and oxygen atoms in total. The number of nitrogens with one attached hydrogen (secondary N) is 1. The summed E-state index contributed by atoms with van der Waals surface area (Å²) in [4.78, 5) is 9.58. The topological polar surface area (TPSA) is 31.4 Å². The molecule has 1 N–H and O–H groups in total. The molecule has 2 heterocycles. The Balaban J connectivity index is 1.78. The molecule has 0 unspecified atom stereocenters. The highest BCUT2D eigenvalue weighted by Crippen LogP contribution is 2.30. The van der Waals surface area contributed by atoms with Crippen molar-refractivity contribution in [2.45, 2.75) is 13.8 Å². The fourth-order valence-corrected chi connectivity index (χ4v) is 3.63. The minimum atomic E-state index is 0.922. The Morgan fingerprint density at radius 3 is 2.70 bits per heavy atom. The van der Waals surface area contributed by atoms with Gasteiger partial charge in [-0.3, -0.25) is 0 Å². The van der Waals surface area contributed by atoms with Crippen LogP contribution in [0.4, 0.5) is 10.8 Å². The Hall–Kier alpha value is -1.33. The van der Waals surface area contributed by atoms with E-state index < -0.39 is 0 Å². The highest BCUT2D eigenvalue weighted by molar-refractivity contribution is 7.22. The number of fused-ring (bicyclic) bond motifs is 1. The lowest BCUT2D eigenvalue weighted by Gasteiger charge is -2.35. The van der Waals surface area contributed by atoms with Crippen LogP contribution in [0.5, 0.6) is 0 Å². The number of piperazine rings is 1. The summed E-state index contributed by atoms with van der Waals surface area (Å²) in [5.41, 5.74) is 2.43. The van der Waals surface area contributed by atoms with Gasteiger partial charge in [0.2, 0.25) is 0 Å². The number of benzene rings is 1. The molecule has 2 aromatic rings. The van der Waals surface area contributed by atoms with Crippen molar-refractivity contribution in [2.24, 2.45) is 0 Å². The van der Waals surface area contributed by atoms with Gasteiger partial charge in [-0.1, -0.05) is 18.3 Å². The van der Waals surface area contributed by atoms with Crippen molar-refractivity contribution < 1.29 is 0 Å². The quantitative estimate of drug-likeness (QED) is 0.938. The predicted molar refractivity (Wildman–Crippen MR) is 88.1 cm³/mol. The average Bonchev–Trinajstić information content (AvgIpc) is 2.89. The van der Waals surface area contributed by atoms with Gasteiger partial charge in [0, 0.05) is 38.4 Å². The van der Waals surface area contributed by atoms with Crippen LogP contribution in [0.1, 0.15) is 13.8 Å². The molecule has 1 saturated heterocycles. The van der Waals surface area contributed by atoms with E-state index in [1.807, 2.05) is 0 Å². The maximum absolute atomic E-state index is 4.59.